The van der Waals surface area contributed by atoms with E-state index in [1.54, 1.807) is 11.8 Å². The molecule has 2 nitrogen and oxygen atoms in total. The number of carbonyl (C=O) groups is 1. The summed E-state index contributed by atoms with van der Waals surface area (Å²) in [6.07, 6.45) is 0. The standard InChI is InChI=1S/C16H16INOS/c1-12-6-2-3-7-13(12)10-20-11-16(19)18-15-9-5-4-8-14(15)17/h2-9H,10-11H2,1H3,(H,18,19). The lowest BCUT2D eigenvalue weighted by Gasteiger charge is -2.08. The first-order valence-electron chi connectivity index (χ1n) is 6.33. The molecule has 0 bridgehead atoms. The number of nitrogens with one attached hydrogen (secondary N) is 1. The molecule has 0 atom stereocenters. The van der Waals surface area contributed by atoms with Crippen molar-refractivity contribution in [1.82, 2.24) is 0 Å². The molecule has 0 aliphatic heterocycles. The fraction of sp³-hybridized carbons (Fsp3) is 0.188. The summed E-state index contributed by atoms with van der Waals surface area (Å²) in [6.45, 7) is 2.10. The van der Waals surface area contributed by atoms with Gasteiger partial charge in [-0.25, -0.2) is 0 Å². The van der Waals surface area contributed by atoms with Crippen LogP contribution in [0.2, 0.25) is 0 Å². The largest absolute Gasteiger partial charge is 0.324 e. The number of thioether (sulfide) groups is 1. The predicted octanol–water partition coefficient (Wildman–Crippen LogP) is 4.47. The Labute approximate surface area is 137 Å². The SMILES string of the molecule is Cc1ccccc1CSCC(=O)Nc1ccccc1I. The normalized spacial score (nSPS) is 10.3. The third-order valence-corrected chi connectivity index (χ3v) is 4.82. The number of hydrogen-bond donors (Lipinski definition) is 1. The summed E-state index contributed by atoms with van der Waals surface area (Å²) < 4.78 is 1.06. The molecule has 2 rings (SSSR count). The van der Waals surface area contributed by atoms with Crippen molar-refractivity contribution in [3.8, 4) is 0 Å². The number of hydrogen-bond acceptors (Lipinski definition) is 2. The van der Waals surface area contributed by atoms with Crippen molar-refractivity contribution in [3.63, 3.8) is 0 Å². The number of carbonyl (C=O) groups excluding carboxylic acids is 1. The molecule has 0 radical (unpaired) electrons. The van der Waals surface area contributed by atoms with Gasteiger partial charge in [-0.2, -0.15) is 0 Å². The molecule has 0 spiro atoms. The van der Waals surface area contributed by atoms with Gasteiger partial charge in [-0.15, -0.1) is 11.8 Å². The molecule has 4 heteroatoms. The highest BCUT2D eigenvalue weighted by Gasteiger charge is 2.05. The van der Waals surface area contributed by atoms with Crippen molar-refractivity contribution in [2.24, 2.45) is 0 Å². The summed E-state index contributed by atoms with van der Waals surface area (Å²) in [5.74, 6) is 1.39. The molecule has 0 aliphatic rings. The molecule has 0 aromatic heterocycles. The van der Waals surface area contributed by atoms with Crippen LogP contribution in [0.5, 0.6) is 0 Å². The Balaban J connectivity index is 1.82. The second-order valence-electron chi connectivity index (χ2n) is 4.45. The predicted molar refractivity (Wildman–Crippen MR) is 95.1 cm³/mol. The number of anilines is 1. The topological polar surface area (TPSA) is 29.1 Å². The zero-order valence-corrected chi connectivity index (χ0v) is 14.2. The molecule has 104 valence electrons. The molecule has 20 heavy (non-hydrogen) atoms. The van der Waals surface area contributed by atoms with Crippen molar-refractivity contribution >= 4 is 45.9 Å². The Hall–Kier alpha value is -1.01. The minimum absolute atomic E-state index is 0.0488. The molecule has 0 saturated heterocycles. The number of para-hydroxylation sites is 1. The van der Waals surface area contributed by atoms with Crippen LogP contribution in [0, 0.1) is 10.5 Å². The molecule has 0 fully saturated rings. The zero-order chi connectivity index (χ0) is 14.4. The Kier molecular flexibility index (Phi) is 5.91. The summed E-state index contributed by atoms with van der Waals surface area (Å²) in [6, 6.07) is 16.1. The van der Waals surface area contributed by atoms with Gasteiger partial charge in [0.15, 0.2) is 0 Å². The quantitative estimate of drug-likeness (QED) is 0.755. The van der Waals surface area contributed by atoms with Crippen molar-refractivity contribution < 1.29 is 4.79 Å². The molecule has 2 aromatic carbocycles. The fourth-order valence-electron chi connectivity index (χ4n) is 1.77. The van der Waals surface area contributed by atoms with E-state index >= 15 is 0 Å². The average molecular weight is 397 g/mol. The van der Waals surface area contributed by atoms with Gasteiger partial charge in [0.05, 0.1) is 11.4 Å². The maximum Gasteiger partial charge on any atom is 0.234 e. The second kappa shape index (κ2) is 7.69. The van der Waals surface area contributed by atoms with Crippen LogP contribution in [0.15, 0.2) is 48.5 Å². The minimum Gasteiger partial charge on any atom is -0.324 e. The van der Waals surface area contributed by atoms with Crippen LogP contribution in [-0.4, -0.2) is 11.7 Å². The lowest BCUT2D eigenvalue weighted by molar-refractivity contribution is -0.113. The Morgan fingerprint density at radius 3 is 2.60 bits per heavy atom. The van der Waals surface area contributed by atoms with Gasteiger partial charge < -0.3 is 5.32 Å². The van der Waals surface area contributed by atoms with Gasteiger partial charge in [-0.05, 0) is 52.8 Å². The van der Waals surface area contributed by atoms with E-state index in [0.717, 1.165) is 15.0 Å². The number of halogens is 1. The summed E-state index contributed by atoms with van der Waals surface area (Å²) in [5, 5.41) is 2.94. The summed E-state index contributed by atoms with van der Waals surface area (Å²) in [7, 11) is 0. The molecular formula is C16H16INOS. The van der Waals surface area contributed by atoms with Gasteiger partial charge >= 0.3 is 0 Å². The van der Waals surface area contributed by atoms with E-state index in [9.17, 15) is 4.79 Å². The van der Waals surface area contributed by atoms with E-state index in [4.69, 9.17) is 0 Å². The molecule has 0 heterocycles. The van der Waals surface area contributed by atoms with Gasteiger partial charge in [-0.3, -0.25) is 4.79 Å². The molecule has 0 saturated carbocycles. The lowest BCUT2D eigenvalue weighted by Crippen LogP contribution is -2.15. The molecule has 1 amide bonds. The third kappa shape index (κ3) is 4.52. The van der Waals surface area contributed by atoms with Gasteiger partial charge in [0.2, 0.25) is 5.91 Å². The van der Waals surface area contributed by atoms with E-state index in [1.165, 1.54) is 11.1 Å². The maximum absolute atomic E-state index is 11.9. The van der Waals surface area contributed by atoms with Gasteiger partial charge in [0.1, 0.15) is 0 Å². The highest BCUT2D eigenvalue weighted by Crippen LogP contribution is 2.19. The summed E-state index contributed by atoms with van der Waals surface area (Å²) in [4.78, 5) is 11.9. The van der Waals surface area contributed by atoms with Crippen LogP contribution in [0.4, 0.5) is 5.69 Å². The fourth-order valence-corrected chi connectivity index (χ4v) is 3.20. The van der Waals surface area contributed by atoms with Crippen molar-refractivity contribution in [2.75, 3.05) is 11.1 Å². The third-order valence-electron chi connectivity index (χ3n) is 2.90. The molecule has 1 N–H and O–H groups in total. The summed E-state index contributed by atoms with van der Waals surface area (Å²) in [5.41, 5.74) is 3.45. The highest BCUT2D eigenvalue weighted by molar-refractivity contribution is 14.1. The van der Waals surface area contributed by atoms with Crippen LogP contribution in [0.3, 0.4) is 0 Å². The number of aryl methyl sites for hydroxylation is 1. The van der Waals surface area contributed by atoms with Gasteiger partial charge in [-0.1, -0.05) is 36.4 Å². The maximum atomic E-state index is 11.9. The van der Waals surface area contributed by atoms with E-state index in [2.05, 4.69) is 47.0 Å². The molecular weight excluding hydrogens is 381 g/mol. The van der Waals surface area contributed by atoms with E-state index in [1.807, 2.05) is 36.4 Å². The monoisotopic (exact) mass is 397 g/mol. The van der Waals surface area contributed by atoms with Crippen molar-refractivity contribution in [1.29, 1.82) is 0 Å². The van der Waals surface area contributed by atoms with Gasteiger partial charge in [0.25, 0.3) is 0 Å². The second-order valence-corrected chi connectivity index (χ2v) is 6.60. The first-order valence-corrected chi connectivity index (χ1v) is 8.57. The number of benzene rings is 2. The summed E-state index contributed by atoms with van der Waals surface area (Å²) >= 11 is 3.86. The Morgan fingerprint density at radius 2 is 1.85 bits per heavy atom. The number of amides is 1. The molecule has 2 aromatic rings. The van der Waals surface area contributed by atoms with Crippen molar-refractivity contribution in [3.05, 3.63) is 63.2 Å². The van der Waals surface area contributed by atoms with E-state index in [-0.39, 0.29) is 5.91 Å². The first kappa shape index (κ1) is 15.4. The average Bonchev–Trinajstić information content (AvgIpc) is 2.43. The smallest absolute Gasteiger partial charge is 0.234 e. The van der Waals surface area contributed by atoms with Crippen LogP contribution < -0.4 is 5.32 Å². The van der Waals surface area contributed by atoms with Gasteiger partial charge in [0, 0.05) is 9.32 Å². The Bertz CT molecular complexity index is 601. The first-order chi connectivity index (χ1) is 9.66. The van der Waals surface area contributed by atoms with Crippen LogP contribution in [0.25, 0.3) is 0 Å². The van der Waals surface area contributed by atoms with Crippen LogP contribution in [0.1, 0.15) is 11.1 Å². The Morgan fingerprint density at radius 1 is 1.15 bits per heavy atom. The zero-order valence-electron chi connectivity index (χ0n) is 11.2. The lowest BCUT2D eigenvalue weighted by atomic mass is 10.1. The van der Waals surface area contributed by atoms with E-state index < -0.39 is 0 Å². The molecule has 0 unspecified atom stereocenters. The highest BCUT2D eigenvalue weighted by atomic mass is 127. The van der Waals surface area contributed by atoms with Crippen LogP contribution >= 0.6 is 34.4 Å². The van der Waals surface area contributed by atoms with E-state index in [0.29, 0.717) is 5.75 Å². The van der Waals surface area contributed by atoms with Crippen LogP contribution in [-0.2, 0) is 10.5 Å². The number of rotatable bonds is 5. The molecule has 0 aliphatic carbocycles. The van der Waals surface area contributed by atoms with Crippen molar-refractivity contribution in [2.45, 2.75) is 12.7 Å². The minimum atomic E-state index is 0.0488.